The van der Waals surface area contributed by atoms with Gasteiger partial charge in [-0.3, -0.25) is 4.79 Å². The van der Waals surface area contributed by atoms with Crippen molar-refractivity contribution in [3.63, 3.8) is 0 Å². The van der Waals surface area contributed by atoms with Gasteiger partial charge in [0, 0.05) is 7.05 Å². The van der Waals surface area contributed by atoms with Gasteiger partial charge in [0.15, 0.2) is 17.6 Å². The Labute approximate surface area is 125 Å². The summed E-state index contributed by atoms with van der Waals surface area (Å²) < 4.78 is 11.6. The number of likely N-dealkylation sites (N-methyl/N-ethyl adjacent to an activating group) is 1. The average Bonchev–Trinajstić information content (AvgIpc) is 2.94. The third kappa shape index (κ3) is 2.83. The van der Waals surface area contributed by atoms with Crippen molar-refractivity contribution >= 4 is 5.91 Å². The number of ether oxygens (including phenoxy) is 2. The van der Waals surface area contributed by atoms with Crippen molar-refractivity contribution in [1.82, 2.24) is 10.2 Å². The van der Waals surface area contributed by atoms with E-state index in [2.05, 4.69) is 5.32 Å². The molecule has 1 N–H and O–H groups in total. The van der Waals surface area contributed by atoms with E-state index in [9.17, 15) is 4.79 Å². The summed E-state index contributed by atoms with van der Waals surface area (Å²) in [6.07, 6.45) is 1.81. The summed E-state index contributed by atoms with van der Waals surface area (Å²) in [6.45, 7) is 3.89. The van der Waals surface area contributed by atoms with Crippen LogP contribution in [-0.4, -0.2) is 49.2 Å². The summed E-state index contributed by atoms with van der Waals surface area (Å²) >= 11 is 0. The average molecular weight is 290 g/mol. The second-order valence-electron chi connectivity index (χ2n) is 6.05. The number of amides is 1. The number of hydrogen-bond acceptors (Lipinski definition) is 4. The molecule has 2 aliphatic rings. The van der Waals surface area contributed by atoms with E-state index in [-0.39, 0.29) is 12.0 Å². The summed E-state index contributed by atoms with van der Waals surface area (Å²) in [6, 6.07) is 7.63. The van der Waals surface area contributed by atoms with E-state index >= 15 is 0 Å². The molecule has 2 aliphatic heterocycles. The minimum atomic E-state index is -0.428. The molecule has 2 heterocycles. The number of para-hydroxylation sites is 2. The minimum Gasteiger partial charge on any atom is -0.486 e. The number of hydrogen-bond donors (Lipinski definition) is 1. The summed E-state index contributed by atoms with van der Waals surface area (Å²) in [5, 5.41) is 3.30. The number of benzene rings is 1. The van der Waals surface area contributed by atoms with E-state index < -0.39 is 5.54 Å². The summed E-state index contributed by atoms with van der Waals surface area (Å²) in [5.41, 5.74) is -0.428. The van der Waals surface area contributed by atoms with Gasteiger partial charge in [-0.1, -0.05) is 12.1 Å². The van der Waals surface area contributed by atoms with Crippen LogP contribution in [-0.2, 0) is 4.79 Å². The monoisotopic (exact) mass is 290 g/mol. The van der Waals surface area contributed by atoms with Gasteiger partial charge in [-0.15, -0.1) is 0 Å². The molecule has 3 rings (SSSR count). The molecule has 1 amide bonds. The van der Waals surface area contributed by atoms with Crippen molar-refractivity contribution < 1.29 is 14.3 Å². The first-order valence-electron chi connectivity index (χ1n) is 7.47. The second-order valence-corrected chi connectivity index (χ2v) is 6.05. The number of nitrogens with one attached hydrogen (secondary N) is 1. The number of fused-ring (bicyclic) bond motifs is 1. The van der Waals surface area contributed by atoms with Crippen LogP contribution in [0.15, 0.2) is 24.3 Å². The van der Waals surface area contributed by atoms with E-state index in [4.69, 9.17) is 9.47 Å². The van der Waals surface area contributed by atoms with Gasteiger partial charge in [-0.2, -0.15) is 0 Å². The summed E-state index contributed by atoms with van der Waals surface area (Å²) in [5.74, 6) is 1.65. The second kappa shape index (κ2) is 5.56. The molecule has 5 heteroatoms. The molecule has 1 aromatic carbocycles. The third-order valence-electron chi connectivity index (χ3n) is 4.23. The Morgan fingerprint density at radius 3 is 2.90 bits per heavy atom. The van der Waals surface area contributed by atoms with Crippen molar-refractivity contribution in [3.05, 3.63) is 24.3 Å². The van der Waals surface area contributed by atoms with E-state index in [0.29, 0.717) is 13.2 Å². The van der Waals surface area contributed by atoms with Crippen molar-refractivity contribution in [1.29, 1.82) is 0 Å². The molecular formula is C16H22N2O3. The van der Waals surface area contributed by atoms with Crippen LogP contribution in [0.1, 0.15) is 19.8 Å². The van der Waals surface area contributed by atoms with Crippen molar-refractivity contribution in [3.8, 4) is 11.5 Å². The highest BCUT2D eigenvalue weighted by atomic mass is 16.6. The van der Waals surface area contributed by atoms with Crippen LogP contribution >= 0.6 is 0 Å². The molecule has 0 aromatic heterocycles. The van der Waals surface area contributed by atoms with Gasteiger partial charge in [0.05, 0.1) is 12.1 Å². The zero-order valence-electron chi connectivity index (χ0n) is 12.6. The Balaban J connectivity index is 1.61. The first kappa shape index (κ1) is 14.2. The lowest BCUT2D eigenvalue weighted by molar-refractivity contribution is -0.137. The first-order valence-corrected chi connectivity index (χ1v) is 7.47. The molecule has 114 valence electrons. The number of nitrogens with zero attached hydrogens (tertiary/aromatic N) is 1. The maximum Gasteiger partial charge on any atom is 0.242 e. The Morgan fingerprint density at radius 1 is 1.43 bits per heavy atom. The SMILES string of the molecule is CN(CC1COc2ccccc2O1)C(=O)C1(C)CCCN1. The van der Waals surface area contributed by atoms with Crippen molar-refractivity contribution in [2.24, 2.45) is 0 Å². The standard InChI is InChI=1S/C16H22N2O3/c1-16(8-5-9-17-16)15(19)18(2)10-12-11-20-13-6-3-4-7-14(13)21-12/h3-4,6-7,12,17H,5,8-11H2,1-2H3. The molecule has 0 bridgehead atoms. The highest BCUT2D eigenvalue weighted by molar-refractivity contribution is 5.86. The molecule has 21 heavy (non-hydrogen) atoms. The normalized spacial score (nSPS) is 27.4. The minimum absolute atomic E-state index is 0.126. The lowest BCUT2D eigenvalue weighted by atomic mass is 9.98. The lowest BCUT2D eigenvalue weighted by Crippen LogP contribution is -2.54. The number of rotatable bonds is 3. The van der Waals surface area contributed by atoms with Gasteiger partial charge < -0.3 is 19.7 Å². The maximum atomic E-state index is 12.6. The zero-order chi connectivity index (χ0) is 14.9. The number of carbonyl (C=O) groups excluding carboxylic acids is 1. The fraction of sp³-hybridized carbons (Fsp3) is 0.562. The molecule has 2 unspecified atom stereocenters. The maximum absolute atomic E-state index is 12.6. The van der Waals surface area contributed by atoms with Gasteiger partial charge >= 0.3 is 0 Å². The van der Waals surface area contributed by atoms with Gasteiger partial charge in [-0.05, 0) is 38.4 Å². The van der Waals surface area contributed by atoms with E-state index in [0.717, 1.165) is 30.9 Å². The van der Waals surface area contributed by atoms with Gasteiger partial charge in [0.25, 0.3) is 0 Å². The molecule has 5 nitrogen and oxygen atoms in total. The van der Waals surface area contributed by atoms with Crippen LogP contribution < -0.4 is 14.8 Å². The zero-order valence-corrected chi connectivity index (χ0v) is 12.6. The lowest BCUT2D eigenvalue weighted by Gasteiger charge is -2.33. The molecule has 0 saturated carbocycles. The molecule has 0 aliphatic carbocycles. The van der Waals surface area contributed by atoms with Gasteiger partial charge in [0.1, 0.15) is 6.61 Å². The van der Waals surface area contributed by atoms with Crippen LogP contribution in [0.2, 0.25) is 0 Å². The fourth-order valence-electron chi connectivity index (χ4n) is 3.04. The Kier molecular flexibility index (Phi) is 3.76. The summed E-state index contributed by atoms with van der Waals surface area (Å²) in [4.78, 5) is 14.3. The molecule has 1 fully saturated rings. The first-order chi connectivity index (χ1) is 10.1. The van der Waals surface area contributed by atoms with Crippen LogP contribution in [0.25, 0.3) is 0 Å². The molecule has 1 aromatic rings. The van der Waals surface area contributed by atoms with E-state index in [1.807, 2.05) is 38.2 Å². The topological polar surface area (TPSA) is 50.8 Å². The Morgan fingerprint density at radius 2 is 2.19 bits per heavy atom. The van der Waals surface area contributed by atoms with Crippen LogP contribution in [0.3, 0.4) is 0 Å². The van der Waals surface area contributed by atoms with Crippen LogP contribution in [0.4, 0.5) is 0 Å². The fourth-order valence-corrected chi connectivity index (χ4v) is 3.04. The van der Waals surface area contributed by atoms with E-state index in [1.54, 1.807) is 4.90 Å². The molecule has 1 saturated heterocycles. The molecule has 2 atom stereocenters. The molecule has 0 radical (unpaired) electrons. The third-order valence-corrected chi connectivity index (χ3v) is 4.23. The van der Waals surface area contributed by atoms with Gasteiger partial charge in [0.2, 0.25) is 5.91 Å². The Hall–Kier alpha value is -1.75. The van der Waals surface area contributed by atoms with Crippen LogP contribution in [0, 0.1) is 0 Å². The largest absolute Gasteiger partial charge is 0.486 e. The number of carbonyl (C=O) groups is 1. The van der Waals surface area contributed by atoms with Gasteiger partial charge in [-0.25, -0.2) is 0 Å². The highest BCUT2D eigenvalue weighted by Gasteiger charge is 2.38. The quantitative estimate of drug-likeness (QED) is 0.915. The summed E-state index contributed by atoms with van der Waals surface area (Å²) in [7, 11) is 1.83. The smallest absolute Gasteiger partial charge is 0.242 e. The predicted molar refractivity (Wildman–Crippen MR) is 79.6 cm³/mol. The molecule has 0 spiro atoms. The van der Waals surface area contributed by atoms with Crippen molar-refractivity contribution in [2.45, 2.75) is 31.4 Å². The van der Waals surface area contributed by atoms with Crippen molar-refractivity contribution in [2.75, 3.05) is 26.7 Å². The predicted octanol–water partition coefficient (Wildman–Crippen LogP) is 1.43. The van der Waals surface area contributed by atoms with Crippen LogP contribution in [0.5, 0.6) is 11.5 Å². The highest BCUT2D eigenvalue weighted by Crippen LogP contribution is 2.31. The Bertz CT molecular complexity index is 526. The van der Waals surface area contributed by atoms with E-state index in [1.165, 1.54) is 0 Å². The molecular weight excluding hydrogens is 268 g/mol.